The van der Waals surface area contributed by atoms with Crippen molar-refractivity contribution in [2.24, 2.45) is 5.16 Å². The largest absolute Gasteiger partial charge is 0.416 e. The van der Waals surface area contributed by atoms with E-state index in [1.807, 2.05) is 20.0 Å². The summed E-state index contributed by atoms with van der Waals surface area (Å²) in [5.74, 6) is -0.629. The highest BCUT2D eigenvalue weighted by molar-refractivity contribution is 6.33. The number of carbonyl (C=O) groups is 1. The monoisotopic (exact) mass is 400 g/mol. The van der Waals surface area contributed by atoms with E-state index in [4.69, 9.17) is 16.4 Å². The van der Waals surface area contributed by atoms with Gasteiger partial charge in [-0.3, -0.25) is 9.48 Å². The third kappa shape index (κ3) is 4.08. The lowest BCUT2D eigenvalue weighted by Crippen LogP contribution is -2.28. The van der Waals surface area contributed by atoms with E-state index in [0.717, 1.165) is 29.5 Å². The van der Waals surface area contributed by atoms with Crippen LogP contribution in [0.15, 0.2) is 29.6 Å². The Morgan fingerprint density at radius 2 is 2.19 bits per heavy atom. The van der Waals surface area contributed by atoms with Gasteiger partial charge < -0.3 is 10.2 Å². The number of amides is 1. The van der Waals surface area contributed by atoms with Gasteiger partial charge in [0.05, 0.1) is 27.7 Å². The number of hydrogen-bond acceptors (Lipinski definition) is 4. The van der Waals surface area contributed by atoms with Crippen molar-refractivity contribution >= 4 is 28.9 Å². The molecule has 0 radical (unpaired) electrons. The smallest absolute Gasteiger partial charge is 0.382 e. The fourth-order valence-corrected chi connectivity index (χ4v) is 2.82. The molecule has 1 aromatic heterocycles. The summed E-state index contributed by atoms with van der Waals surface area (Å²) in [5.41, 5.74) is 1.03. The van der Waals surface area contributed by atoms with Crippen LogP contribution in [0.5, 0.6) is 0 Å². The zero-order valence-corrected chi connectivity index (χ0v) is 15.2. The van der Waals surface area contributed by atoms with E-state index in [0.29, 0.717) is 12.3 Å². The van der Waals surface area contributed by atoms with Crippen LogP contribution in [0.2, 0.25) is 5.02 Å². The fraction of sp³-hybridized carbons (Fsp3) is 0.353. The summed E-state index contributed by atoms with van der Waals surface area (Å²) >= 11 is 5.90. The molecular formula is C17H16ClF3N4O2. The highest BCUT2D eigenvalue weighted by Gasteiger charge is 2.33. The molecule has 0 saturated carbocycles. The van der Waals surface area contributed by atoms with Gasteiger partial charge >= 0.3 is 6.18 Å². The van der Waals surface area contributed by atoms with Gasteiger partial charge in [-0.2, -0.15) is 18.3 Å². The van der Waals surface area contributed by atoms with Gasteiger partial charge in [0.15, 0.2) is 0 Å². The maximum absolute atomic E-state index is 12.8. The summed E-state index contributed by atoms with van der Waals surface area (Å²) in [6.45, 7) is 4.45. The molecule has 3 rings (SSSR count). The Hall–Kier alpha value is -2.55. The molecule has 1 aliphatic rings. The van der Waals surface area contributed by atoms with Gasteiger partial charge in [-0.1, -0.05) is 16.8 Å². The summed E-state index contributed by atoms with van der Waals surface area (Å²) in [6, 6.07) is 2.71. The van der Waals surface area contributed by atoms with Gasteiger partial charge in [-0.05, 0) is 32.0 Å². The Morgan fingerprint density at radius 3 is 2.81 bits per heavy atom. The SMILES string of the molecule is CCn1cc(C2=NO[C@H](C(=O)Nc3cc(C(F)(F)F)ccc3Cl)C2)c(C)n1. The molecule has 1 aromatic carbocycles. The minimum absolute atomic E-state index is 0.00412. The van der Waals surface area contributed by atoms with Gasteiger partial charge in [-0.25, -0.2) is 0 Å². The molecule has 0 aliphatic carbocycles. The molecule has 2 heterocycles. The van der Waals surface area contributed by atoms with Gasteiger partial charge in [0, 0.05) is 24.7 Å². The molecule has 10 heteroatoms. The first-order chi connectivity index (χ1) is 12.7. The lowest BCUT2D eigenvalue weighted by atomic mass is 10.1. The Bertz CT molecular complexity index is 908. The second kappa shape index (κ2) is 7.22. The number of anilines is 1. The van der Waals surface area contributed by atoms with Crippen LogP contribution in [-0.2, 0) is 22.4 Å². The molecule has 1 amide bonds. The number of carbonyl (C=O) groups excluding carboxylic acids is 1. The Labute approximate surface area is 157 Å². The van der Waals surface area contributed by atoms with E-state index in [1.54, 1.807) is 4.68 Å². The Morgan fingerprint density at radius 1 is 1.44 bits per heavy atom. The third-order valence-electron chi connectivity index (χ3n) is 4.09. The number of alkyl halides is 3. The van der Waals surface area contributed by atoms with E-state index in [9.17, 15) is 18.0 Å². The zero-order chi connectivity index (χ0) is 19.8. The summed E-state index contributed by atoms with van der Waals surface area (Å²) < 4.78 is 40.3. The van der Waals surface area contributed by atoms with Crippen LogP contribution in [0.3, 0.4) is 0 Å². The Balaban J connectivity index is 1.71. The topological polar surface area (TPSA) is 68.5 Å². The van der Waals surface area contributed by atoms with E-state index in [2.05, 4.69) is 15.6 Å². The average molecular weight is 401 g/mol. The van der Waals surface area contributed by atoms with Crippen molar-refractivity contribution in [3.63, 3.8) is 0 Å². The van der Waals surface area contributed by atoms with E-state index >= 15 is 0 Å². The molecule has 0 bridgehead atoms. The number of aromatic nitrogens is 2. The second-order valence-electron chi connectivity index (χ2n) is 6.00. The highest BCUT2D eigenvalue weighted by atomic mass is 35.5. The Kier molecular flexibility index (Phi) is 5.14. The lowest BCUT2D eigenvalue weighted by Gasteiger charge is -2.13. The number of hydrogen-bond donors (Lipinski definition) is 1. The van der Waals surface area contributed by atoms with Crippen LogP contribution < -0.4 is 5.32 Å². The highest BCUT2D eigenvalue weighted by Crippen LogP contribution is 2.34. The first-order valence-electron chi connectivity index (χ1n) is 8.13. The van der Waals surface area contributed by atoms with Crippen LogP contribution in [0.25, 0.3) is 0 Å². The van der Waals surface area contributed by atoms with Crippen LogP contribution in [0.4, 0.5) is 18.9 Å². The van der Waals surface area contributed by atoms with Gasteiger partial charge in [0.1, 0.15) is 0 Å². The summed E-state index contributed by atoms with van der Waals surface area (Å²) in [6.07, 6.45) is -3.52. The van der Waals surface area contributed by atoms with Crippen LogP contribution in [0, 0.1) is 6.92 Å². The van der Waals surface area contributed by atoms with Crippen molar-refractivity contribution in [2.45, 2.75) is 39.1 Å². The molecule has 0 saturated heterocycles. The van der Waals surface area contributed by atoms with Crippen molar-refractivity contribution in [3.8, 4) is 0 Å². The normalized spacial score (nSPS) is 16.8. The maximum atomic E-state index is 12.8. The number of aryl methyl sites for hydroxylation is 2. The average Bonchev–Trinajstić information content (AvgIpc) is 3.22. The van der Waals surface area contributed by atoms with Crippen LogP contribution in [0.1, 0.15) is 30.2 Å². The molecular weight excluding hydrogens is 385 g/mol. The molecule has 0 unspecified atom stereocenters. The lowest BCUT2D eigenvalue weighted by molar-refractivity contribution is -0.137. The predicted octanol–water partition coefficient (Wildman–Crippen LogP) is 4.02. The number of benzene rings is 1. The third-order valence-corrected chi connectivity index (χ3v) is 4.42. The van der Waals surface area contributed by atoms with Crippen LogP contribution >= 0.6 is 11.6 Å². The quantitative estimate of drug-likeness (QED) is 0.843. The number of nitrogens with one attached hydrogen (secondary N) is 1. The standard InChI is InChI=1S/C17H16ClF3N4O2/c1-3-25-8-11(9(2)23-25)13-7-15(27-24-13)16(26)22-14-6-10(17(19,20)21)4-5-12(14)18/h4-6,8,15H,3,7H2,1-2H3,(H,22,26)/t15-/m0/s1. The molecule has 1 N–H and O–H groups in total. The van der Waals surface area contributed by atoms with Crippen molar-refractivity contribution < 1.29 is 22.8 Å². The molecule has 0 fully saturated rings. The molecule has 2 aromatic rings. The van der Waals surface area contributed by atoms with Crippen LogP contribution in [-0.4, -0.2) is 27.5 Å². The number of oxime groups is 1. The molecule has 144 valence electrons. The van der Waals surface area contributed by atoms with Crippen molar-refractivity contribution in [2.75, 3.05) is 5.32 Å². The summed E-state index contributed by atoms with van der Waals surface area (Å²) in [5, 5.41) is 10.6. The molecule has 1 aliphatic heterocycles. The van der Waals surface area contributed by atoms with Crippen molar-refractivity contribution in [3.05, 3.63) is 46.2 Å². The first kappa shape index (κ1) is 19.2. The summed E-state index contributed by atoms with van der Waals surface area (Å²) in [4.78, 5) is 17.5. The fourth-order valence-electron chi connectivity index (χ4n) is 2.65. The minimum Gasteiger partial charge on any atom is -0.382 e. The predicted molar refractivity (Wildman–Crippen MR) is 93.7 cm³/mol. The van der Waals surface area contributed by atoms with E-state index in [1.165, 1.54) is 0 Å². The number of nitrogens with zero attached hydrogens (tertiary/aromatic N) is 3. The zero-order valence-electron chi connectivity index (χ0n) is 14.5. The summed E-state index contributed by atoms with van der Waals surface area (Å²) in [7, 11) is 0. The second-order valence-corrected chi connectivity index (χ2v) is 6.41. The van der Waals surface area contributed by atoms with Gasteiger partial charge in [0.25, 0.3) is 5.91 Å². The van der Waals surface area contributed by atoms with Crippen molar-refractivity contribution in [1.82, 2.24) is 9.78 Å². The molecule has 1 atom stereocenters. The molecule has 0 spiro atoms. The first-order valence-corrected chi connectivity index (χ1v) is 8.51. The molecule has 27 heavy (non-hydrogen) atoms. The van der Waals surface area contributed by atoms with Crippen molar-refractivity contribution in [1.29, 1.82) is 0 Å². The van der Waals surface area contributed by atoms with Gasteiger partial charge in [0.2, 0.25) is 6.10 Å². The minimum atomic E-state index is -4.54. The number of halogens is 4. The van der Waals surface area contributed by atoms with E-state index in [-0.39, 0.29) is 17.1 Å². The maximum Gasteiger partial charge on any atom is 0.416 e. The van der Waals surface area contributed by atoms with Gasteiger partial charge in [-0.15, -0.1) is 0 Å². The molecule has 6 nitrogen and oxygen atoms in total. The number of rotatable bonds is 4. The van der Waals surface area contributed by atoms with E-state index < -0.39 is 23.8 Å².